The van der Waals surface area contributed by atoms with Crippen LogP contribution < -0.4 is 4.90 Å². The lowest BCUT2D eigenvalue weighted by Crippen LogP contribution is -3.08. The van der Waals surface area contributed by atoms with Crippen molar-refractivity contribution in [1.29, 1.82) is 0 Å². The quantitative estimate of drug-likeness (QED) is 0.140. The summed E-state index contributed by atoms with van der Waals surface area (Å²) < 4.78 is 16.9. The summed E-state index contributed by atoms with van der Waals surface area (Å²) in [5, 5.41) is 0.616. The molecule has 0 aliphatic rings. The van der Waals surface area contributed by atoms with Gasteiger partial charge in [-0.3, -0.25) is 4.90 Å². The Morgan fingerprint density at radius 3 is 2.06 bits per heavy atom. The summed E-state index contributed by atoms with van der Waals surface area (Å²) in [5.74, 6) is -0.697. The van der Waals surface area contributed by atoms with Crippen molar-refractivity contribution in [2.24, 2.45) is 0 Å². The molecule has 0 aliphatic heterocycles. The first-order valence-corrected chi connectivity index (χ1v) is 17.2. The summed E-state index contributed by atoms with van der Waals surface area (Å²) in [5.41, 5.74) is 2.08. The van der Waals surface area contributed by atoms with Crippen molar-refractivity contribution in [2.75, 3.05) is 26.3 Å². The maximum atomic E-state index is 12.8. The van der Waals surface area contributed by atoms with Crippen LogP contribution in [0.25, 0.3) is 0 Å². The molecule has 0 spiro atoms. The monoisotopic (exact) mass is 1180 g/mol. The third-order valence-electron chi connectivity index (χ3n) is 4.97. The van der Waals surface area contributed by atoms with Crippen LogP contribution in [0.3, 0.4) is 0 Å². The average Bonchev–Trinajstić information content (AvgIpc) is 2.82. The van der Waals surface area contributed by atoms with Gasteiger partial charge in [-0.25, -0.2) is 9.59 Å². The van der Waals surface area contributed by atoms with E-state index in [0.29, 0.717) is 29.2 Å². The van der Waals surface area contributed by atoms with E-state index < -0.39 is 0 Å². The van der Waals surface area contributed by atoms with Crippen molar-refractivity contribution in [3.63, 3.8) is 0 Å². The second kappa shape index (κ2) is 15.3. The Kier molecular flexibility index (Phi) is 13.5. The Morgan fingerprint density at radius 2 is 1.39 bits per heavy atom. The maximum absolute atomic E-state index is 12.8. The number of nitrogens with one attached hydrogen (secondary N) is 1. The van der Waals surface area contributed by atoms with Crippen LogP contribution >= 0.6 is 147 Å². The van der Waals surface area contributed by atoms with Crippen LogP contribution in [0.1, 0.15) is 20.7 Å². The highest BCUT2D eigenvalue weighted by Crippen LogP contribution is 2.25. The highest BCUT2D eigenvalue weighted by molar-refractivity contribution is 14.1. The van der Waals surface area contributed by atoms with Gasteiger partial charge < -0.3 is 9.47 Å². The van der Waals surface area contributed by atoms with E-state index in [1.165, 1.54) is 0 Å². The number of carbonyl (C=O) groups excluding carboxylic acids is 2. The summed E-state index contributed by atoms with van der Waals surface area (Å²) in [4.78, 5) is 26.6. The standard InChI is InChI=1S/C24H16ClI6NO4/c25-13-2-1-3-15(10-13)32(6-8-35-23(33)16-11-14(26)12-19(29)21(16)30)7-9-36-24(34)20-17(27)4-5-18(28)22(20)31/h1-5,10-12H,6-9H2/p+1. The van der Waals surface area contributed by atoms with Crippen molar-refractivity contribution in [3.05, 3.63) is 86.1 Å². The zero-order chi connectivity index (χ0) is 26.4. The fourth-order valence-corrected chi connectivity index (χ4v) is 8.12. The summed E-state index contributed by atoms with van der Waals surface area (Å²) in [6.45, 7) is 1.41. The lowest BCUT2D eigenvalue weighted by atomic mass is 10.2. The molecule has 1 N–H and O–H groups in total. The van der Waals surface area contributed by atoms with E-state index in [9.17, 15) is 9.59 Å². The van der Waals surface area contributed by atoms with Crippen molar-refractivity contribution in [1.82, 2.24) is 0 Å². The molecular weight excluding hydrogens is 1160 g/mol. The lowest BCUT2D eigenvalue weighted by molar-refractivity contribution is -0.833. The van der Waals surface area contributed by atoms with E-state index in [2.05, 4.69) is 136 Å². The highest BCUT2D eigenvalue weighted by atomic mass is 127. The van der Waals surface area contributed by atoms with Gasteiger partial charge in [0.05, 0.1) is 11.1 Å². The second-order valence-electron chi connectivity index (χ2n) is 7.35. The number of ether oxygens (including phenoxy) is 2. The van der Waals surface area contributed by atoms with Crippen molar-refractivity contribution in [2.45, 2.75) is 0 Å². The summed E-state index contributed by atoms with van der Waals surface area (Å²) in [6.07, 6.45) is 0. The minimum atomic E-state index is -0.351. The van der Waals surface area contributed by atoms with Crippen LogP contribution in [0, 0.1) is 21.4 Å². The average molecular weight is 1180 g/mol. The number of carbonyl (C=O) groups is 2. The van der Waals surface area contributed by atoms with Gasteiger partial charge in [-0.1, -0.05) is 17.7 Å². The molecule has 0 heterocycles. The molecule has 3 aromatic carbocycles. The van der Waals surface area contributed by atoms with Gasteiger partial charge in [0.1, 0.15) is 32.0 Å². The Hall–Kier alpha value is 1.23. The minimum Gasteiger partial charge on any atom is -0.456 e. The third-order valence-corrected chi connectivity index (χ3v) is 12.8. The fourth-order valence-electron chi connectivity index (χ4n) is 3.22. The van der Waals surface area contributed by atoms with E-state index in [4.69, 9.17) is 21.1 Å². The van der Waals surface area contributed by atoms with E-state index in [1.54, 1.807) is 0 Å². The fraction of sp³-hybridized carbons (Fsp3) is 0.167. The number of hydrogen-bond donors (Lipinski definition) is 1. The summed E-state index contributed by atoms with van der Waals surface area (Å²) >= 11 is 19.3. The minimum absolute atomic E-state index is 0.208. The van der Waals surface area contributed by atoms with E-state index in [0.717, 1.165) is 32.0 Å². The molecular formula is C24H17ClI6NO4+. The van der Waals surface area contributed by atoms with Gasteiger partial charge in [0, 0.05) is 32.5 Å². The molecule has 3 rings (SSSR count). The van der Waals surface area contributed by atoms with Crippen LogP contribution in [0.2, 0.25) is 5.02 Å². The highest BCUT2D eigenvalue weighted by Gasteiger charge is 2.21. The first kappa shape index (κ1) is 31.8. The summed E-state index contributed by atoms with van der Waals surface area (Å²) in [6, 6.07) is 15.3. The Bertz CT molecular complexity index is 1290. The maximum Gasteiger partial charge on any atom is 0.340 e. The van der Waals surface area contributed by atoms with Crippen LogP contribution in [0.5, 0.6) is 0 Å². The largest absolute Gasteiger partial charge is 0.456 e. The molecule has 12 heteroatoms. The molecule has 3 aromatic rings. The smallest absolute Gasteiger partial charge is 0.340 e. The molecule has 1 unspecified atom stereocenters. The number of quaternary nitrogens is 1. The SMILES string of the molecule is O=C(OCC[NH+](CCOC(=O)c1c(I)ccc(I)c1I)c1cccc(Cl)c1)c1cc(I)cc(I)c1I. The van der Waals surface area contributed by atoms with Crippen molar-refractivity contribution >= 4 is 165 Å². The third kappa shape index (κ3) is 8.87. The predicted molar refractivity (Wildman–Crippen MR) is 192 cm³/mol. The number of halogens is 7. The Morgan fingerprint density at radius 1 is 0.750 bits per heavy atom. The van der Waals surface area contributed by atoms with Gasteiger partial charge in [0.25, 0.3) is 0 Å². The van der Waals surface area contributed by atoms with Gasteiger partial charge >= 0.3 is 11.9 Å². The normalized spacial score (nSPS) is 11.8. The first-order valence-electron chi connectivity index (χ1n) is 10.3. The number of hydrogen-bond acceptors (Lipinski definition) is 4. The molecule has 0 fully saturated rings. The lowest BCUT2D eigenvalue weighted by Gasteiger charge is -2.20. The van der Waals surface area contributed by atoms with Gasteiger partial charge in [0.2, 0.25) is 0 Å². The zero-order valence-electron chi connectivity index (χ0n) is 18.2. The Balaban J connectivity index is 1.66. The molecule has 0 amide bonds. The Labute approximate surface area is 296 Å². The molecule has 5 nitrogen and oxygen atoms in total. The topological polar surface area (TPSA) is 57.0 Å². The molecule has 36 heavy (non-hydrogen) atoms. The van der Waals surface area contributed by atoms with Crippen LogP contribution in [-0.4, -0.2) is 38.2 Å². The zero-order valence-corrected chi connectivity index (χ0v) is 31.9. The van der Waals surface area contributed by atoms with E-state index in [-0.39, 0.29) is 25.2 Å². The van der Waals surface area contributed by atoms with Crippen molar-refractivity contribution < 1.29 is 24.0 Å². The molecule has 1 atom stereocenters. The van der Waals surface area contributed by atoms with Crippen LogP contribution in [0.15, 0.2) is 48.5 Å². The summed E-state index contributed by atoms with van der Waals surface area (Å²) in [7, 11) is 0. The van der Waals surface area contributed by atoms with Gasteiger partial charge in [0.15, 0.2) is 0 Å². The number of rotatable bonds is 9. The molecule has 0 aliphatic carbocycles. The van der Waals surface area contributed by atoms with E-state index >= 15 is 0 Å². The van der Waals surface area contributed by atoms with Crippen LogP contribution in [0.4, 0.5) is 5.69 Å². The van der Waals surface area contributed by atoms with Gasteiger partial charge in [-0.05, 0) is 172 Å². The van der Waals surface area contributed by atoms with Crippen molar-refractivity contribution in [3.8, 4) is 0 Å². The van der Waals surface area contributed by atoms with Gasteiger partial charge in [-0.15, -0.1) is 0 Å². The molecule has 190 valence electrons. The molecule has 0 saturated carbocycles. The van der Waals surface area contributed by atoms with E-state index in [1.807, 2.05) is 48.5 Å². The van der Waals surface area contributed by atoms with Crippen LogP contribution in [-0.2, 0) is 9.47 Å². The molecule has 0 saturated heterocycles. The second-order valence-corrected chi connectivity index (χ2v) is 14.7. The predicted octanol–water partition coefficient (Wildman–Crippen LogP) is 7.20. The number of esters is 2. The first-order chi connectivity index (χ1) is 17.1. The molecule has 0 bridgehead atoms. The van der Waals surface area contributed by atoms with Gasteiger partial charge in [-0.2, -0.15) is 0 Å². The number of benzene rings is 3. The molecule has 0 radical (unpaired) electrons. The molecule has 0 aromatic heterocycles.